The quantitative estimate of drug-likeness (QED) is 0.780. The van der Waals surface area contributed by atoms with E-state index in [2.05, 4.69) is 29.2 Å². The van der Waals surface area contributed by atoms with Crippen LogP contribution in [0, 0.1) is 0 Å². The first-order chi connectivity index (χ1) is 13.1. The molecule has 5 heteroatoms. The maximum absolute atomic E-state index is 12.8. The van der Waals surface area contributed by atoms with Gasteiger partial charge in [0.25, 0.3) is 11.5 Å². The number of para-hydroxylation sites is 1. The molecule has 4 rings (SSSR count). The van der Waals surface area contributed by atoms with Crippen molar-refractivity contribution in [3.05, 3.63) is 76.1 Å². The van der Waals surface area contributed by atoms with Crippen LogP contribution < -0.4 is 16.2 Å². The third-order valence-electron chi connectivity index (χ3n) is 5.60. The van der Waals surface area contributed by atoms with E-state index >= 15 is 0 Å². The number of pyridine rings is 1. The second-order valence-electron chi connectivity index (χ2n) is 7.14. The van der Waals surface area contributed by atoms with Crippen LogP contribution in [0.15, 0.2) is 59.4 Å². The van der Waals surface area contributed by atoms with Crippen molar-refractivity contribution in [2.75, 3.05) is 18.0 Å². The number of benzene rings is 2. The minimum absolute atomic E-state index is 0.0920. The molecule has 1 saturated heterocycles. The maximum Gasteiger partial charge on any atom is 0.265 e. The molecule has 0 spiro atoms. The number of hydrogen-bond donors (Lipinski definition) is 1. The molecule has 2 aromatic carbocycles. The number of nitrogens with zero attached hydrogens (tertiary/aromatic N) is 2. The Balaban J connectivity index is 1.76. The third kappa shape index (κ3) is 2.99. The van der Waals surface area contributed by atoms with E-state index in [1.54, 1.807) is 7.05 Å². The molecule has 1 aromatic heterocycles. The van der Waals surface area contributed by atoms with Gasteiger partial charge in [-0.1, -0.05) is 48.5 Å². The van der Waals surface area contributed by atoms with Crippen molar-refractivity contribution in [2.45, 2.75) is 18.8 Å². The summed E-state index contributed by atoms with van der Waals surface area (Å²) < 4.78 is 1.51. The third-order valence-corrected chi connectivity index (χ3v) is 5.60. The largest absolute Gasteiger partial charge is 0.370 e. The number of hydrogen-bond acceptors (Lipinski definition) is 3. The lowest BCUT2D eigenvalue weighted by atomic mass is 9.89. The Bertz CT molecular complexity index is 1050. The number of primary amides is 1. The number of amides is 1. The van der Waals surface area contributed by atoms with Crippen LogP contribution in [0.4, 0.5) is 5.69 Å². The van der Waals surface area contributed by atoms with Crippen molar-refractivity contribution < 1.29 is 4.79 Å². The molecule has 5 nitrogen and oxygen atoms in total. The van der Waals surface area contributed by atoms with Gasteiger partial charge in [0, 0.05) is 25.5 Å². The number of rotatable bonds is 3. The number of aryl methyl sites for hydroxylation is 1. The van der Waals surface area contributed by atoms with E-state index in [9.17, 15) is 9.59 Å². The molecule has 0 radical (unpaired) electrons. The van der Waals surface area contributed by atoms with E-state index in [4.69, 9.17) is 5.73 Å². The number of fused-ring (bicyclic) bond motifs is 1. The van der Waals surface area contributed by atoms with Gasteiger partial charge in [0.2, 0.25) is 0 Å². The average molecular weight is 361 g/mol. The lowest BCUT2D eigenvalue weighted by Gasteiger charge is -2.35. The van der Waals surface area contributed by atoms with Crippen LogP contribution >= 0.6 is 0 Å². The van der Waals surface area contributed by atoms with Gasteiger partial charge < -0.3 is 15.2 Å². The van der Waals surface area contributed by atoms with Crippen molar-refractivity contribution >= 4 is 22.5 Å². The summed E-state index contributed by atoms with van der Waals surface area (Å²) >= 11 is 0. The van der Waals surface area contributed by atoms with E-state index in [1.165, 1.54) is 10.1 Å². The Labute approximate surface area is 158 Å². The summed E-state index contributed by atoms with van der Waals surface area (Å²) in [5, 5.41) is 0.895. The molecule has 1 aliphatic rings. The van der Waals surface area contributed by atoms with Gasteiger partial charge in [-0.25, -0.2) is 0 Å². The molecule has 138 valence electrons. The summed E-state index contributed by atoms with van der Waals surface area (Å²) in [7, 11) is 1.68. The molecule has 0 bridgehead atoms. The summed E-state index contributed by atoms with van der Waals surface area (Å²) in [5.74, 6) is -0.168. The van der Waals surface area contributed by atoms with E-state index in [-0.39, 0.29) is 11.1 Å². The Morgan fingerprint density at radius 2 is 1.63 bits per heavy atom. The van der Waals surface area contributed by atoms with Crippen LogP contribution in [-0.4, -0.2) is 23.6 Å². The Morgan fingerprint density at radius 1 is 1.00 bits per heavy atom. The van der Waals surface area contributed by atoms with Crippen molar-refractivity contribution in [1.29, 1.82) is 0 Å². The lowest BCUT2D eigenvalue weighted by Crippen LogP contribution is -2.38. The van der Waals surface area contributed by atoms with Crippen LogP contribution in [0.3, 0.4) is 0 Å². The molecule has 0 unspecified atom stereocenters. The highest BCUT2D eigenvalue weighted by molar-refractivity contribution is 6.06. The van der Waals surface area contributed by atoms with Crippen LogP contribution in [0.5, 0.6) is 0 Å². The fourth-order valence-corrected chi connectivity index (χ4v) is 4.19. The average Bonchev–Trinajstić information content (AvgIpc) is 2.71. The van der Waals surface area contributed by atoms with Crippen LogP contribution in [-0.2, 0) is 7.05 Å². The molecule has 1 aliphatic heterocycles. The van der Waals surface area contributed by atoms with Crippen LogP contribution in [0.2, 0.25) is 0 Å². The Morgan fingerprint density at radius 3 is 2.30 bits per heavy atom. The van der Waals surface area contributed by atoms with Gasteiger partial charge in [0.05, 0.1) is 11.2 Å². The first-order valence-electron chi connectivity index (χ1n) is 9.29. The topological polar surface area (TPSA) is 68.3 Å². The number of piperidine rings is 1. The van der Waals surface area contributed by atoms with Crippen molar-refractivity contribution in [2.24, 2.45) is 12.8 Å². The van der Waals surface area contributed by atoms with Gasteiger partial charge in [-0.2, -0.15) is 0 Å². The molecule has 0 saturated carbocycles. The fraction of sp³-hybridized carbons (Fsp3) is 0.273. The SMILES string of the molecule is Cn1c(=O)c(C(N)=O)c(N2CCC(c3ccccc3)CC2)c2ccccc21. The Hall–Kier alpha value is -3.08. The van der Waals surface area contributed by atoms with Gasteiger partial charge in [0.1, 0.15) is 5.56 Å². The smallest absolute Gasteiger partial charge is 0.265 e. The molecule has 0 aliphatic carbocycles. The van der Waals surface area contributed by atoms with E-state index in [1.807, 2.05) is 30.3 Å². The highest BCUT2D eigenvalue weighted by atomic mass is 16.2. The monoisotopic (exact) mass is 361 g/mol. The standard InChI is InChI=1S/C22H23N3O2/c1-24-18-10-6-5-9-17(18)20(19(21(23)26)22(24)27)25-13-11-16(12-14-25)15-7-3-2-4-8-15/h2-10,16H,11-14H2,1H3,(H2,23,26). The number of carbonyl (C=O) groups is 1. The first kappa shape index (κ1) is 17.3. The summed E-state index contributed by atoms with van der Waals surface area (Å²) in [6.45, 7) is 1.58. The highest BCUT2D eigenvalue weighted by Gasteiger charge is 2.27. The fourth-order valence-electron chi connectivity index (χ4n) is 4.19. The zero-order valence-electron chi connectivity index (χ0n) is 15.4. The van der Waals surface area contributed by atoms with Gasteiger partial charge in [-0.15, -0.1) is 0 Å². The minimum Gasteiger partial charge on any atom is -0.370 e. The minimum atomic E-state index is -0.665. The summed E-state index contributed by atoms with van der Waals surface area (Å²) in [5.41, 5.74) is 8.23. The summed E-state index contributed by atoms with van der Waals surface area (Å²) in [4.78, 5) is 27.1. The second kappa shape index (κ2) is 6.91. The number of carbonyl (C=O) groups excluding carboxylic acids is 1. The first-order valence-corrected chi connectivity index (χ1v) is 9.29. The molecule has 2 heterocycles. The maximum atomic E-state index is 12.8. The number of anilines is 1. The predicted molar refractivity (Wildman–Crippen MR) is 108 cm³/mol. The second-order valence-corrected chi connectivity index (χ2v) is 7.14. The molecule has 1 fully saturated rings. The van der Waals surface area contributed by atoms with Crippen molar-refractivity contribution in [3.8, 4) is 0 Å². The molecular weight excluding hydrogens is 338 g/mol. The highest BCUT2D eigenvalue weighted by Crippen LogP contribution is 2.34. The number of aromatic nitrogens is 1. The van der Waals surface area contributed by atoms with Crippen molar-refractivity contribution in [1.82, 2.24) is 4.57 Å². The molecule has 1 amide bonds. The van der Waals surface area contributed by atoms with Gasteiger partial charge in [-0.3, -0.25) is 9.59 Å². The molecule has 2 N–H and O–H groups in total. The predicted octanol–water partition coefficient (Wildman–Crippen LogP) is 3.02. The molecule has 27 heavy (non-hydrogen) atoms. The normalized spacial score (nSPS) is 15.2. The van der Waals surface area contributed by atoms with Crippen LogP contribution in [0.25, 0.3) is 10.9 Å². The van der Waals surface area contributed by atoms with E-state index in [0.717, 1.165) is 36.8 Å². The van der Waals surface area contributed by atoms with Crippen LogP contribution in [0.1, 0.15) is 34.7 Å². The Kier molecular flexibility index (Phi) is 4.44. The van der Waals surface area contributed by atoms with Crippen molar-refractivity contribution in [3.63, 3.8) is 0 Å². The summed E-state index contributed by atoms with van der Waals surface area (Å²) in [6.07, 6.45) is 1.96. The molecule has 0 atom stereocenters. The van der Waals surface area contributed by atoms with E-state index < -0.39 is 5.91 Å². The summed E-state index contributed by atoms with van der Waals surface area (Å²) in [6, 6.07) is 18.2. The number of nitrogens with two attached hydrogens (primary N) is 1. The molecule has 3 aromatic rings. The zero-order valence-corrected chi connectivity index (χ0v) is 15.4. The zero-order chi connectivity index (χ0) is 19.0. The van der Waals surface area contributed by atoms with Gasteiger partial charge >= 0.3 is 0 Å². The van der Waals surface area contributed by atoms with E-state index in [0.29, 0.717) is 11.6 Å². The lowest BCUT2D eigenvalue weighted by molar-refractivity contribution is 0.0999. The van der Waals surface area contributed by atoms with Gasteiger partial charge in [-0.05, 0) is 30.4 Å². The van der Waals surface area contributed by atoms with Gasteiger partial charge in [0.15, 0.2) is 0 Å². The molecular formula is C22H23N3O2.